The molecule has 0 unspecified atom stereocenters. The highest BCUT2D eigenvalue weighted by molar-refractivity contribution is 5.24. The number of hydrogen-bond donors (Lipinski definition) is 0. The van der Waals surface area contributed by atoms with Crippen LogP contribution < -0.4 is 0 Å². The summed E-state index contributed by atoms with van der Waals surface area (Å²) in [6, 6.07) is 0. The van der Waals surface area contributed by atoms with Crippen LogP contribution in [0.3, 0.4) is 0 Å². The van der Waals surface area contributed by atoms with Crippen molar-refractivity contribution in [2.75, 3.05) is 6.61 Å². The largest absolute Gasteiger partial charge is 0.378 e. The summed E-state index contributed by atoms with van der Waals surface area (Å²) in [5, 5.41) is 0. The maximum absolute atomic E-state index is 5.85. The number of ether oxygens (including phenoxy) is 1. The second-order valence-corrected chi connectivity index (χ2v) is 7.98. The fourth-order valence-electron chi connectivity index (χ4n) is 4.27. The van der Waals surface area contributed by atoms with Gasteiger partial charge in [-0.15, -0.1) is 0 Å². The number of hydrogen-bond acceptors (Lipinski definition) is 1. The fourth-order valence-corrected chi connectivity index (χ4v) is 4.27. The van der Waals surface area contributed by atoms with E-state index in [1.807, 2.05) is 0 Å². The average Bonchev–Trinajstić information content (AvgIpc) is 2.65. The van der Waals surface area contributed by atoms with Crippen LogP contribution in [0.15, 0.2) is 24.3 Å². The average molecular weight is 343 g/mol. The van der Waals surface area contributed by atoms with Crippen molar-refractivity contribution >= 4 is 0 Å². The molecule has 0 atom stereocenters. The van der Waals surface area contributed by atoms with Crippen LogP contribution in [0.2, 0.25) is 0 Å². The van der Waals surface area contributed by atoms with Gasteiger partial charge in [-0.1, -0.05) is 50.7 Å². The van der Waals surface area contributed by atoms with E-state index in [2.05, 4.69) is 50.0 Å². The maximum atomic E-state index is 5.85. The standard InChI is InChI=1S/C24H38O/c1-3-9-21-12-14-22(15-13-21)10-7-5-6-8-11-23-16-18-24(19-17-23)25-20-4-2/h7-8,10-11,21-24H,3-4,9,12-20H2,1-2H3/b10-7+,11-8+. The lowest BCUT2D eigenvalue weighted by atomic mass is 9.80. The van der Waals surface area contributed by atoms with Crippen LogP contribution in [0.1, 0.15) is 84.5 Å². The van der Waals surface area contributed by atoms with Gasteiger partial charge in [-0.25, -0.2) is 0 Å². The summed E-state index contributed by atoms with van der Waals surface area (Å²) in [7, 11) is 0. The zero-order chi connectivity index (χ0) is 17.7. The van der Waals surface area contributed by atoms with Gasteiger partial charge in [-0.2, -0.15) is 0 Å². The molecule has 1 heteroatoms. The summed E-state index contributed by atoms with van der Waals surface area (Å²) in [4.78, 5) is 0. The molecular weight excluding hydrogens is 304 g/mol. The smallest absolute Gasteiger partial charge is 0.0575 e. The molecule has 1 nitrogen and oxygen atoms in total. The highest BCUT2D eigenvalue weighted by atomic mass is 16.5. The molecule has 0 aromatic rings. The second kappa shape index (κ2) is 12.4. The molecule has 0 amide bonds. The molecule has 0 spiro atoms. The van der Waals surface area contributed by atoms with Crippen molar-refractivity contribution < 1.29 is 4.74 Å². The Bertz CT molecular complexity index is 448. The van der Waals surface area contributed by atoms with Gasteiger partial charge in [0.05, 0.1) is 6.10 Å². The molecule has 0 N–H and O–H groups in total. The number of allylic oxidation sites excluding steroid dienone is 4. The highest BCUT2D eigenvalue weighted by Gasteiger charge is 2.19. The Morgan fingerprint density at radius 2 is 1.32 bits per heavy atom. The van der Waals surface area contributed by atoms with E-state index in [-0.39, 0.29) is 0 Å². The van der Waals surface area contributed by atoms with Crippen molar-refractivity contribution in [3.05, 3.63) is 24.3 Å². The molecule has 0 radical (unpaired) electrons. The monoisotopic (exact) mass is 342 g/mol. The van der Waals surface area contributed by atoms with E-state index in [0.29, 0.717) is 12.0 Å². The first-order valence-corrected chi connectivity index (χ1v) is 10.8. The van der Waals surface area contributed by atoms with Crippen molar-refractivity contribution in [2.45, 2.75) is 90.6 Å². The van der Waals surface area contributed by atoms with Crippen molar-refractivity contribution in [1.29, 1.82) is 0 Å². The van der Waals surface area contributed by atoms with Crippen LogP contribution in [0.4, 0.5) is 0 Å². The van der Waals surface area contributed by atoms with Gasteiger partial charge in [0.15, 0.2) is 0 Å². The third kappa shape index (κ3) is 8.28. The van der Waals surface area contributed by atoms with E-state index in [4.69, 9.17) is 4.74 Å². The Balaban J connectivity index is 1.60. The van der Waals surface area contributed by atoms with Crippen molar-refractivity contribution in [1.82, 2.24) is 0 Å². The molecule has 25 heavy (non-hydrogen) atoms. The van der Waals surface area contributed by atoms with E-state index in [9.17, 15) is 0 Å². The summed E-state index contributed by atoms with van der Waals surface area (Å²) < 4.78 is 5.85. The summed E-state index contributed by atoms with van der Waals surface area (Å²) in [6.45, 7) is 5.41. The van der Waals surface area contributed by atoms with Crippen LogP contribution in [-0.2, 0) is 4.74 Å². The molecule has 0 aromatic heterocycles. The zero-order valence-electron chi connectivity index (χ0n) is 16.5. The summed E-state index contributed by atoms with van der Waals surface area (Å²) >= 11 is 0. The molecule has 0 aliphatic heterocycles. The van der Waals surface area contributed by atoms with E-state index in [0.717, 1.165) is 24.9 Å². The molecule has 0 aromatic carbocycles. The quantitative estimate of drug-likeness (QED) is 0.468. The first-order chi connectivity index (χ1) is 12.3. The lowest BCUT2D eigenvalue weighted by Gasteiger charge is -2.26. The van der Waals surface area contributed by atoms with Gasteiger partial charge in [0.25, 0.3) is 0 Å². The first-order valence-electron chi connectivity index (χ1n) is 10.8. The Morgan fingerprint density at radius 3 is 1.84 bits per heavy atom. The summed E-state index contributed by atoms with van der Waals surface area (Å²) in [5.41, 5.74) is 0. The lowest BCUT2D eigenvalue weighted by Crippen LogP contribution is -2.21. The highest BCUT2D eigenvalue weighted by Crippen LogP contribution is 2.32. The van der Waals surface area contributed by atoms with Crippen LogP contribution in [0, 0.1) is 29.6 Å². The third-order valence-electron chi connectivity index (χ3n) is 5.85. The van der Waals surface area contributed by atoms with Gasteiger partial charge in [0, 0.05) is 6.61 Å². The third-order valence-corrected chi connectivity index (χ3v) is 5.85. The zero-order valence-corrected chi connectivity index (χ0v) is 16.5. The molecule has 2 aliphatic carbocycles. The van der Waals surface area contributed by atoms with Crippen LogP contribution in [0.25, 0.3) is 0 Å². The van der Waals surface area contributed by atoms with E-state index in [1.54, 1.807) is 0 Å². The minimum atomic E-state index is 0.506. The molecule has 2 fully saturated rings. The number of rotatable bonds is 7. The molecule has 0 heterocycles. The molecular formula is C24H38O. The minimum absolute atomic E-state index is 0.506. The van der Waals surface area contributed by atoms with Crippen molar-refractivity contribution in [2.24, 2.45) is 17.8 Å². The Hall–Kier alpha value is -1.00. The van der Waals surface area contributed by atoms with Gasteiger partial charge in [-0.05, 0) is 87.7 Å². The van der Waals surface area contributed by atoms with Crippen LogP contribution >= 0.6 is 0 Å². The Morgan fingerprint density at radius 1 is 0.760 bits per heavy atom. The van der Waals surface area contributed by atoms with Gasteiger partial charge in [0.1, 0.15) is 0 Å². The second-order valence-electron chi connectivity index (χ2n) is 7.98. The Labute approximate surface area is 156 Å². The van der Waals surface area contributed by atoms with Crippen LogP contribution in [-0.4, -0.2) is 12.7 Å². The topological polar surface area (TPSA) is 9.23 Å². The van der Waals surface area contributed by atoms with E-state index in [1.165, 1.54) is 64.2 Å². The maximum Gasteiger partial charge on any atom is 0.0575 e. The Kier molecular flexibility index (Phi) is 10.1. The molecule has 2 saturated carbocycles. The predicted molar refractivity (Wildman–Crippen MR) is 108 cm³/mol. The molecule has 2 rings (SSSR count). The van der Waals surface area contributed by atoms with E-state index < -0.39 is 0 Å². The minimum Gasteiger partial charge on any atom is -0.378 e. The fraction of sp³-hybridized carbons (Fsp3) is 0.750. The van der Waals surface area contributed by atoms with Crippen molar-refractivity contribution in [3.63, 3.8) is 0 Å². The molecule has 2 aliphatic rings. The van der Waals surface area contributed by atoms with Gasteiger partial charge in [-0.3, -0.25) is 0 Å². The first kappa shape index (κ1) is 20.3. The SMILES string of the molecule is CCCOC1CCC(/C=C/C#C/C=C/C2CCC(CCC)CC2)CC1. The van der Waals surface area contributed by atoms with E-state index >= 15 is 0 Å². The molecule has 140 valence electrons. The van der Waals surface area contributed by atoms with Gasteiger partial charge < -0.3 is 4.74 Å². The lowest BCUT2D eigenvalue weighted by molar-refractivity contribution is 0.0227. The van der Waals surface area contributed by atoms with Gasteiger partial charge >= 0.3 is 0 Å². The van der Waals surface area contributed by atoms with Crippen molar-refractivity contribution in [3.8, 4) is 11.8 Å². The normalized spacial score (nSPS) is 30.5. The summed E-state index contributed by atoms with van der Waals surface area (Å²) in [6.07, 6.45) is 23.7. The van der Waals surface area contributed by atoms with Gasteiger partial charge in [0.2, 0.25) is 0 Å². The summed E-state index contributed by atoms with van der Waals surface area (Å²) in [5.74, 6) is 8.86. The molecule has 0 bridgehead atoms. The van der Waals surface area contributed by atoms with Crippen LogP contribution in [0.5, 0.6) is 0 Å². The molecule has 0 saturated heterocycles. The predicted octanol–water partition coefficient (Wildman–Crippen LogP) is 6.69.